The third-order valence-corrected chi connectivity index (χ3v) is 2.94. The molecular formula is C15H12N4O2. The Labute approximate surface area is 120 Å². The molecule has 1 amide bonds. The lowest BCUT2D eigenvalue weighted by atomic mass is 10.1. The molecule has 1 N–H and O–H groups in total. The molecule has 0 atom stereocenters. The molecule has 1 aromatic carbocycles. The van der Waals surface area contributed by atoms with Crippen LogP contribution in [0.2, 0.25) is 0 Å². The standard InChI is InChI=1S/C15H12N4O2/c1-21-12-4-3-10-7-11(9-18-13(10)8-12)14(20)19-15-16-5-2-6-17-15/h2-9H,1H3,(H,16,17,19,20). The molecule has 2 aromatic heterocycles. The number of carbonyl (C=O) groups excluding carboxylic acids is 1. The quantitative estimate of drug-likeness (QED) is 0.796. The maximum absolute atomic E-state index is 12.1. The number of hydrogen-bond donors (Lipinski definition) is 1. The Morgan fingerprint density at radius 2 is 1.95 bits per heavy atom. The molecule has 21 heavy (non-hydrogen) atoms. The summed E-state index contributed by atoms with van der Waals surface area (Å²) in [4.78, 5) is 24.3. The molecule has 0 saturated carbocycles. The fourth-order valence-corrected chi connectivity index (χ4v) is 1.89. The monoisotopic (exact) mass is 280 g/mol. The minimum Gasteiger partial charge on any atom is -0.497 e. The van der Waals surface area contributed by atoms with Gasteiger partial charge in [0.2, 0.25) is 5.95 Å². The average molecular weight is 280 g/mol. The predicted octanol–water partition coefficient (Wildman–Crippen LogP) is 2.29. The lowest BCUT2D eigenvalue weighted by Gasteiger charge is -2.05. The Kier molecular flexibility index (Phi) is 3.42. The molecule has 0 aliphatic heterocycles. The summed E-state index contributed by atoms with van der Waals surface area (Å²) in [6.45, 7) is 0. The summed E-state index contributed by atoms with van der Waals surface area (Å²) in [6, 6.07) is 8.95. The van der Waals surface area contributed by atoms with E-state index in [0.29, 0.717) is 5.56 Å². The minimum absolute atomic E-state index is 0.261. The van der Waals surface area contributed by atoms with Gasteiger partial charge in [-0.05, 0) is 24.3 Å². The summed E-state index contributed by atoms with van der Waals surface area (Å²) >= 11 is 0. The van der Waals surface area contributed by atoms with Crippen molar-refractivity contribution in [1.29, 1.82) is 0 Å². The second kappa shape index (κ2) is 5.54. The lowest BCUT2D eigenvalue weighted by Crippen LogP contribution is -2.14. The Hall–Kier alpha value is -3.02. The summed E-state index contributed by atoms with van der Waals surface area (Å²) in [7, 11) is 1.60. The Morgan fingerprint density at radius 1 is 1.14 bits per heavy atom. The van der Waals surface area contributed by atoms with E-state index in [1.54, 1.807) is 31.6 Å². The van der Waals surface area contributed by atoms with Crippen molar-refractivity contribution in [3.05, 3.63) is 54.5 Å². The number of carbonyl (C=O) groups is 1. The van der Waals surface area contributed by atoms with Gasteiger partial charge in [0.05, 0.1) is 18.2 Å². The van der Waals surface area contributed by atoms with Crippen molar-refractivity contribution in [2.45, 2.75) is 0 Å². The Bertz CT molecular complexity index is 790. The minimum atomic E-state index is -0.300. The number of pyridine rings is 1. The van der Waals surface area contributed by atoms with Gasteiger partial charge in [0, 0.05) is 30.0 Å². The summed E-state index contributed by atoms with van der Waals surface area (Å²) in [5.74, 6) is 0.689. The number of benzene rings is 1. The summed E-state index contributed by atoms with van der Waals surface area (Å²) in [6.07, 6.45) is 4.64. The van der Waals surface area contributed by atoms with Crippen LogP contribution in [0.5, 0.6) is 5.75 Å². The molecule has 3 rings (SSSR count). The van der Waals surface area contributed by atoms with E-state index >= 15 is 0 Å². The molecule has 0 bridgehead atoms. The van der Waals surface area contributed by atoms with E-state index in [1.807, 2.05) is 18.2 Å². The molecule has 104 valence electrons. The number of aromatic nitrogens is 3. The van der Waals surface area contributed by atoms with Gasteiger partial charge in [-0.25, -0.2) is 9.97 Å². The van der Waals surface area contributed by atoms with E-state index in [-0.39, 0.29) is 11.9 Å². The number of nitrogens with zero attached hydrogens (tertiary/aromatic N) is 3. The molecule has 0 aliphatic carbocycles. The number of rotatable bonds is 3. The zero-order chi connectivity index (χ0) is 14.7. The molecule has 0 unspecified atom stereocenters. The smallest absolute Gasteiger partial charge is 0.259 e. The van der Waals surface area contributed by atoms with Crippen LogP contribution >= 0.6 is 0 Å². The van der Waals surface area contributed by atoms with Gasteiger partial charge >= 0.3 is 0 Å². The van der Waals surface area contributed by atoms with E-state index < -0.39 is 0 Å². The van der Waals surface area contributed by atoms with E-state index in [0.717, 1.165) is 16.7 Å². The number of anilines is 1. The molecule has 2 heterocycles. The molecule has 3 aromatic rings. The fraction of sp³-hybridized carbons (Fsp3) is 0.0667. The first-order chi connectivity index (χ1) is 10.3. The lowest BCUT2D eigenvalue weighted by molar-refractivity contribution is 0.102. The van der Waals surface area contributed by atoms with Crippen LogP contribution in [-0.4, -0.2) is 28.0 Å². The van der Waals surface area contributed by atoms with E-state index in [1.165, 1.54) is 6.20 Å². The maximum atomic E-state index is 12.1. The molecule has 6 heteroatoms. The van der Waals surface area contributed by atoms with Gasteiger partial charge in [0.15, 0.2) is 0 Å². The highest BCUT2D eigenvalue weighted by Gasteiger charge is 2.09. The molecule has 0 fully saturated rings. The average Bonchev–Trinajstić information content (AvgIpc) is 2.54. The highest BCUT2D eigenvalue weighted by molar-refractivity contribution is 6.04. The van der Waals surface area contributed by atoms with Crippen molar-refractivity contribution in [3.63, 3.8) is 0 Å². The summed E-state index contributed by atoms with van der Waals surface area (Å²) < 4.78 is 5.14. The van der Waals surface area contributed by atoms with Gasteiger partial charge < -0.3 is 4.74 Å². The number of nitrogens with one attached hydrogen (secondary N) is 1. The second-order valence-corrected chi connectivity index (χ2v) is 4.31. The zero-order valence-electron chi connectivity index (χ0n) is 11.3. The van der Waals surface area contributed by atoms with Crippen molar-refractivity contribution >= 4 is 22.8 Å². The Morgan fingerprint density at radius 3 is 2.71 bits per heavy atom. The third kappa shape index (κ3) is 2.79. The third-order valence-electron chi connectivity index (χ3n) is 2.94. The van der Waals surface area contributed by atoms with Gasteiger partial charge in [0.25, 0.3) is 5.91 Å². The highest BCUT2D eigenvalue weighted by Crippen LogP contribution is 2.20. The van der Waals surface area contributed by atoms with Crippen molar-refractivity contribution in [2.24, 2.45) is 0 Å². The number of methoxy groups -OCH3 is 1. The van der Waals surface area contributed by atoms with Crippen molar-refractivity contribution in [2.75, 3.05) is 12.4 Å². The first-order valence-electron chi connectivity index (χ1n) is 6.28. The van der Waals surface area contributed by atoms with Crippen LogP contribution in [0, 0.1) is 0 Å². The van der Waals surface area contributed by atoms with Gasteiger partial charge in [-0.15, -0.1) is 0 Å². The summed E-state index contributed by atoms with van der Waals surface area (Å²) in [5.41, 5.74) is 1.21. The van der Waals surface area contributed by atoms with Crippen molar-refractivity contribution in [3.8, 4) is 5.75 Å². The van der Waals surface area contributed by atoms with E-state index in [9.17, 15) is 4.79 Å². The Balaban J connectivity index is 1.88. The fourth-order valence-electron chi connectivity index (χ4n) is 1.89. The van der Waals surface area contributed by atoms with E-state index in [2.05, 4.69) is 20.3 Å². The number of amides is 1. The molecule has 0 saturated heterocycles. The van der Waals surface area contributed by atoms with Crippen LogP contribution in [0.1, 0.15) is 10.4 Å². The number of fused-ring (bicyclic) bond motifs is 1. The molecule has 0 radical (unpaired) electrons. The van der Waals surface area contributed by atoms with Crippen LogP contribution < -0.4 is 10.1 Å². The van der Waals surface area contributed by atoms with Gasteiger partial charge in [-0.3, -0.25) is 15.1 Å². The summed E-state index contributed by atoms with van der Waals surface area (Å²) in [5, 5.41) is 3.48. The van der Waals surface area contributed by atoms with Crippen LogP contribution in [0.15, 0.2) is 48.9 Å². The molecule has 6 nitrogen and oxygen atoms in total. The number of hydrogen-bond acceptors (Lipinski definition) is 5. The van der Waals surface area contributed by atoms with Crippen molar-refractivity contribution < 1.29 is 9.53 Å². The van der Waals surface area contributed by atoms with Gasteiger partial charge in [-0.1, -0.05) is 0 Å². The predicted molar refractivity (Wildman–Crippen MR) is 78.3 cm³/mol. The largest absolute Gasteiger partial charge is 0.497 e. The first kappa shape index (κ1) is 13.0. The normalized spacial score (nSPS) is 10.3. The van der Waals surface area contributed by atoms with Gasteiger partial charge in [0.1, 0.15) is 5.75 Å². The number of ether oxygens (including phenoxy) is 1. The molecule has 0 aliphatic rings. The van der Waals surface area contributed by atoms with Crippen LogP contribution in [0.4, 0.5) is 5.95 Å². The van der Waals surface area contributed by atoms with Crippen LogP contribution in [0.25, 0.3) is 10.9 Å². The zero-order valence-corrected chi connectivity index (χ0v) is 11.3. The SMILES string of the molecule is COc1ccc2cc(C(=O)Nc3ncccn3)cnc2c1. The maximum Gasteiger partial charge on any atom is 0.259 e. The first-order valence-corrected chi connectivity index (χ1v) is 6.28. The van der Waals surface area contributed by atoms with Crippen LogP contribution in [0.3, 0.4) is 0 Å². The van der Waals surface area contributed by atoms with Gasteiger partial charge in [-0.2, -0.15) is 0 Å². The second-order valence-electron chi connectivity index (χ2n) is 4.31. The molecular weight excluding hydrogens is 268 g/mol. The highest BCUT2D eigenvalue weighted by atomic mass is 16.5. The van der Waals surface area contributed by atoms with Crippen molar-refractivity contribution in [1.82, 2.24) is 15.0 Å². The molecule has 0 spiro atoms. The van der Waals surface area contributed by atoms with E-state index in [4.69, 9.17) is 4.74 Å². The van der Waals surface area contributed by atoms with Crippen LogP contribution in [-0.2, 0) is 0 Å². The topological polar surface area (TPSA) is 77.0 Å².